The largest absolute Gasteiger partial charge is 0.305 e. The summed E-state index contributed by atoms with van der Waals surface area (Å²) >= 11 is 0. The molecule has 1 aromatic carbocycles. The first-order chi connectivity index (χ1) is 13.7. The van der Waals surface area contributed by atoms with E-state index in [9.17, 15) is 0 Å². The number of nitrogens with zero attached hydrogens (tertiary/aromatic N) is 1. The van der Waals surface area contributed by atoms with Crippen LogP contribution in [-0.4, -0.2) is 19.0 Å². The molecule has 0 saturated carbocycles. The fraction of sp³-hybridized carbons (Fsp3) is 0.778. The van der Waals surface area contributed by atoms with Crippen LogP contribution in [0.4, 0.5) is 0 Å². The van der Waals surface area contributed by atoms with Crippen LogP contribution in [0, 0.1) is 0 Å². The highest BCUT2D eigenvalue weighted by Gasteiger charge is 2.04. The Balaban J connectivity index is 2.41. The molecule has 1 aromatic rings. The van der Waals surface area contributed by atoms with Gasteiger partial charge in [-0.1, -0.05) is 109 Å². The van der Waals surface area contributed by atoms with E-state index in [1.807, 2.05) is 0 Å². The summed E-state index contributed by atoms with van der Waals surface area (Å²) in [6, 6.07) is 7.43. The summed E-state index contributed by atoms with van der Waals surface area (Å²) in [6.45, 7) is 5.66. The summed E-state index contributed by atoms with van der Waals surface area (Å²) in [5, 5.41) is 0. The van der Waals surface area contributed by atoms with E-state index in [-0.39, 0.29) is 0 Å². The minimum absolute atomic E-state index is 1.06. The van der Waals surface area contributed by atoms with Crippen molar-refractivity contribution in [1.82, 2.24) is 4.90 Å². The lowest BCUT2D eigenvalue weighted by Gasteiger charge is -2.14. The second-order valence-corrected chi connectivity index (χ2v) is 9.14. The molecule has 0 unspecified atom stereocenters. The van der Waals surface area contributed by atoms with Gasteiger partial charge in [0, 0.05) is 6.54 Å². The van der Waals surface area contributed by atoms with E-state index in [4.69, 9.17) is 0 Å². The summed E-state index contributed by atoms with van der Waals surface area (Å²) in [6.07, 6.45) is 22.1. The molecule has 0 saturated heterocycles. The molecule has 1 rings (SSSR count). The van der Waals surface area contributed by atoms with Crippen molar-refractivity contribution in [3.63, 3.8) is 0 Å². The Morgan fingerprint density at radius 1 is 0.500 bits per heavy atom. The first-order valence-corrected chi connectivity index (χ1v) is 12.4. The van der Waals surface area contributed by atoms with Crippen LogP contribution in [-0.2, 0) is 19.4 Å². The van der Waals surface area contributed by atoms with Gasteiger partial charge in [0.1, 0.15) is 0 Å². The van der Waals surface area contributed by atoms with Crippen LogP contribution in [0.1, 0.15) is 120 Å². The fourth-order valence-corrected chi connectivity index (χ4v) is 4.16. The molecule has 28 heavy (non-hydrogen) atoms. The summed E-state index contributed by atoms with van der Waals surface area (Å²) in [5.74, 6) is 0. The van der Waals surface area contributed by atoms with Crippen LogP contribution < -0.4 is 0 Å². The van der Waals surface area contributed by atoms with Gasteiger partial charge in [0.05, 0.1) is 0 Å². The van der Waals surface area contributed by atoms with Crippen molar-refractivity contribution < 1.29 is 0 Å². The van der Waals surface area contributed by atoms with Crippen LogP contribution in [0.2, 0.25) is 0 Å². The Morgan fingerprint density at radius 2 is 0.857 bits per heavy atom. The maximum atomic E-state index is 2.51. The molecule has 0 aromatic heterocycles. The lowest BCUT2D eigenvalue weighted by Crippen LogP contribution is -2.11. The minimum atomic E-state index is 1.06. The van der Waals surface area contributed by atoms with Crippen molar-refractivity contribution in [2.45, 2.75) is 123 Å². The van der Waals surface area contributed by atoms with Gasteiger partial charge in [-0.25, -0.2) is 0 Å². The number of aryl methyl sites for hydroxylation is 2. The van der Waals surface area contributed by atoms with E-state index in [2.05, 4.69) is 51.0 Å². The fourth-order valence-electron chi connectivity index (χ4n) is 4.16. The smallest absolute Gasteiger partial charge is 0.0227 e. The highest BCUT2D eigenvalue weighted by Crippen LogP contribution is 2.18. The van der Waals surface area contributed by atoms with Gasteiger partial charge in [-0.05, 0) is 56.5 Å². The zero-order valence-corrected chi connectivity index (χ0v) is 19.7. The van der Waals surface area contributed by atoms with E-state index in [0.717, 1.165) is 6.54 Å². The molecule has 0 heterocycles. The van der Waals surface area contributed by atoms with Crippen LogP contribution in [0.25, 0.3) is 0 Å². The normalized spacial score (nSPS) is 11.5. The van der Waals surface area contributed by atoms with Gasteiger partial charge in [-0.2, -0.15) is 0 Å². The Morgan fingerprint density at radius 3 is 1.25 bits per heavy atom. The van der Waals surface area contributed by atoms with E-state index in [1.54, 1.807) is 11.1 Å². The maximum absolute atomic E-state index is 2.51. The first kappa shape index (κ1) is 25.2. The molecule has 0 bridgehead atoms. The number of rotatable bonds is 18. The van der Waals surface area contributed by atoms with Gasteiger partial charge in [-0.3, -0.25) is 0 Å². The molecule has 0 aliphatic carbocycles. The predicted octanol–water partition coefficient (Wildman–Crippen LogP) is 8.33. The summed E-state index contributed by atoms with van der Waals surface area (Å²) < 4.78 is 0. The minimum Gasteiger partial charge on any atom is -0.305 e. The average Bonchev–Trinajstić information content (AvgIpc) is 2.66. The second-order valence-electron chi connectivity index (χ2n) is 9.14. The Labute approximate surface area is 177 Å². The predicted molar refractivity (Wildman–Crippen MR) is 127 cm³/mol. The molecule has 0 spiro atoms. The first-order valence-electron chi connectivity index (χ1n) is 12.4. The topological polar surface area (TPSA) is 3.24 Å². The molecule has 1 heteroatoms. The van der Waals surface area contributed by atoms with E-state index in [1.165, 1.54) is 108 Å². The third-order valence-electron chi connectivity index (χ3n) is 5.75. The average molecular weight is 388 g/mol. The van der Waals surface area contributed by atoms with Crippen LogP contribution in [0.3, 0.4) is 0 Å². The van der Waals surface area contributed by atoms with Crippen LogP contribution >= 0.6 is 0 Å². The maximum Gasteiger partial charge on any atom is 0.0227 e. The molecular formula is C27H49N. The zero-order valence-electron chi connectivity index (χ0n) is 19.7. The number of unbranched alkanes of at least 4 members (excludes halogenated alkanes) is 12. The zero-order chi connectivity index (χ0) is 20.5. The van der Waals surface area contributed by atoms with Crippen LogP contribution in [0.15, 0.2) is 18.2 Å². The summed E-state index contributed by atoms with van der Waals surface area (Å²) in [7, 11) is 4.36. The molecule has 162 valence electrons. The number of hydrogen-bond donors (Lipinski definition) is 0. The lowest BCUT2D eigenvalue weighted by molar-refractivity contribution is 0.402. The Hall–Kier alpha value is -0.820. The highest BCUT2D eigenvalue weighted by molar-refractivity contribution is 5.30. The van der Waals surface area contributed by atoms with Gasteiger partial charge in [0.25, 0.3) is 0 Å². The van der Waals surface area contributed by atoms with Crippen molar-refractivity contribution in [3.8, 4) is 0 Å². The molecule has 0 atom stereocenters. The van der Waals surface area contributed by atoms with Gasteiger partial charge < -0.3 is 4.90 Å². The molecule has 0 aliphatic rings. The molecule has 0 fully saturated rings. The summed E-state index contributed by atoms with van der Waals surface area (Å²) in [4.78, 5) is 2.30. The lowest BCUT2D eigenvalue weighted by atomic mass is 9.97. The van der Waals surface area contributed by atoms with Crippen molar-refractivity contribution in [1.29, 1.82) is 0 Å². The molecular weight excluding hydrogens is 338 g/mol. The van der Waals surface area contributed by atoms with E-state index < -0.39 is 0 Å². The van der Waals surface area contributed by atoms with Crippen molar-refractivity contribution in [2.75, 3.05) is 14.1 Å². The Bertz CT molecular complexity index is 441. The third-order valence-corrected chi connectivity index (χ3v) is 5.75. The van der Waals surface area contributed by atoms with Crippen molar-refractivity contribution >= 4 is 0 Å². The number of benzene rings is 1. The standard InChI is InChI=1S/C27H49N/c1-5-7-9-11-13-15-17-19-25-21-26(23-27(22-25)24-28(3)4)20-18-16-14-12-10-8-6-2/h21-23H,5-20,24H2,1-4H3. The second kappa shape index (κ2) is 17.1. The van der Waals surface area contributed by atoms with Crippen LogP contribution in [0.5, 0.6) is 0 Å². The quantitative estimate of drug-likeness (QED) is 0.229. The third kappa shape index (κ3) is 13.4. The highest BCUT2D eigenvalue weighted by atomic mass is 15.0. The van der Waals surface area contributed by atoms with Gasteiger partial charge in [0.15, 0.2) is 0 Å². The molecule has 1 nitrogen and oxygen atoms in total. The number of hydrogen-bond acceptors (Lipinski definition) is 1. The monoisotopic (exact) mass is 387 g/mol. The molecule has 0 amide bonds. The van der Waals surface area contributed by atoms with E-state index in [0.29, 0.717) is 0 Å². The van der Waals surface area contributed by atoms with E-state index >= 15 is 0 Å². The molecule has 0 radical (unpaired) electrons. The Kier molecular flexibility index (Phi) is 15.4. The summed E-state index contributed by atoms with van der Waals surface area (Å²) in [5.41, 5.74) is 4.65. The molecule has 0 N–H and O–H groups in total. The SMILES string of the molecule is CCCCCCCCCc1cc(CCCCCCCCC)cc(CN(C)C)c1. The van der Waals surface area contributed by atoms with Gasteiger partial charge >= 0.3 is 0 Å². The van der Waals surface area contributed by atoms with Gasteiger partial charge in [-0.15, -0.1) is 0 Å². The van der Waals surface area contributed by atoms with Crippen molar-refractivity contribution in [3.05, 3.63) is 34.9 Å². The van der Waals surface area contributed by atoms with Crippen molar-refractivity contribution in [2.24, 2.45) is 0 Å². The van der Waals surface area contributed by atoms with Gasteiger partial charge in [0.2, 0.25) is 0 Å². The molecule has 0 aliphatic heterocycles.